The summed E-state index contributed by atoms with van der Waals surface area (Å²) in [5, 5.41) is 17.2. The zero-order valence-corrected chi connectivity index (χ0v) is 29.2. The molecule has 0 aromatic heterocycles. The Kier molecular flexibility index (Phi) is 32.6. The Bertz CT molecular complexity index is 1680. The number of ether oxygens (including phenoxy) is 2. The van der Waals surface area contributed by atoms with Crippen LogP contribution in [-0.2, 0) is 0 Å². The first-order valence-electron chi connectivity index (χ1n) is 14.2. The second-order valence-corrected chi connectivity index (χ2v) is 8.96. The van der Waals surface area contributed by atoms with Crippen molar-refractivity contribution < 1.29 is 19.5 Å². The smallest absolute Gasteiger partial charge is 0.488 e. The van der Waals surface area contributed by atoms with Gasteiger partial charge in [0.05, 0.1) is 14.2 Å². The van der Waals surface area contributed by atoms with Crippen molar-refractivity contribution in [2.75, 3.05) is 14.2 Å². The number of halogens is 1. The molecule has 0 unspecified atom stereocenters. The molecule has 4 aromatic rings. The van der Waals surface area contributed by atoms with Gasteiger partial charge >= 0.3 is 7.12 Å². The first-order chi connectivity index (χ1) is 22.4. The maximum Gasteiger partial charge on any atom is 0.488 e. The molecule has 0 bridgehead atoms. The van der Waals surface area contributed by atoms with Crippen LogP contribution in [0.2, 0.25) is 0 Å². The van der Waals surface area contributed by atoms with Crippen LogP contribution in [-0.4, -0.2) is 39.8 Å². The van der Waals surface area contributed by atoms with E-state index in [1.165, 1.54) is 11.1 Å². The fraction of sp³-hybridized carbons (Fsp3) is 0.171. The zero-order chi connectivity index (χ0) is 34.3. The van der Waals surface area contributed by atoms with Gasteiger partial charge in [-0.25, -0.2) is 0 Å². The van der Waals surface area contributed by atoms with Crippen molar-refractivity contribution in [3.05, 3.63) is 114 Å². The summed E-state index contributed by atoms with van der Waals surface area (Å²) < 4.78 is 11.2. The van der Waals surface area contributed by atoms with Gasteiger partial charge in [0.1, 0.15) is 11.5 Å². The number of rotatable bonds is 4. The monoisotopic (exact) mass is 699 g/mol. The Morgan fingerprint density at radius 3 is 1.31 bits per heavy atom. The molecule has 0 atom stereocenters. The third kappa shape index (κ3) is 24.1. The molecular formula is C41H42B2BrO4. The van der Waals surface area contributed by atoms with E-state index in [-0.39, 0.29) is 15.8 Å². The van der Waals surface area contributed by atoms with Crippen LogP contribution in [0.5, 0.6) is 11.5 Å². The minimum absolute atomic E-state index is 0. The minimum Gasteiger partial charge on any atom is -0.497 e. The van der Waals surface area contributed by atoms with Crippen molar-refractivity contribution in [2.24, 2.45) is 0 Å². The predicted octanol–water partition coefficient (Wildman–Crippen LogP) is 7.51. The quantitative estimate of drug-likeness (QED) is 0.171. The summed E-state index contributed by atoms with van der Waals surface area (Å²) >= 11 is 3.32. The van der Waals surface area contributed by atoms with E-state index in [0.717, 1.165) is 16.0 Å². The normalized spacial score (nSPS) is 7.35. The van der Waals surface area contributed by atoms with Gasteiger partial charge in [-0.3, -0.25) is 0 Å². The second kappa shape index (κ2) is 33.2. The van der Waals surface area contributed by atoms with Crippen LogP contribution >= 0.6 is 15.9 Å². The van der Waals surface area contributed by atoms with Gasteiger partial charge in [0.15, 0.2) is 0 Å². The summed E-state index contributed by atoms with van der Waals surface area (Å²) in [4.78, 5) is 0. The lowest BCUT2D eigenvalue weighted by Crippen LogP contribution is -2.29. The Hall–Kier alpha value is -5.19. The molecule has 3 radical (unpaired) electrons. The summed E-state index contributed by atoms with van der Waals surface area (Å²) in [7, 11) is 2.00. The van der Waals surface area contributed by atoms with Crippen LogP contribution in [0.1, 0.15) is 35.1 Å². The lowest BCUT2D eigenvalue weighted by atomic mass is 9.81. The van der Waals surface area contributed by atoms with E-state index in [1.807, 2.05) is 80.6 Å². The SMILES string of the molecule is C.CC.CC#CC#CC#CC#CC#CC.COc1cccc(-c2ccccc2)c1.COc1cccc(Br)c1.OB(O)c1ccccc1.[B]. The average molecular weight is 700 g/mol. The first kappa shape index (κ1) is 47.2. The van der Waals surface area contributed by atoms with E-state index < -0.39 is 7.12 Å². The predicted molar refractivity (Wildman–Crippen MR) is 209 cm³/mol. The molecule has 0 aliphatic rings. The van der Waals surface area contributed by atoms with Gasteiger partial charge in [0.2, 0.25) is 0 Å². The van der Waals surface area contributed by atoms with Crippen molar-refractivity contribution in [1.29, 1.82) is 0 Å². The highest BCUT2D eigenvalue weighted by Crippen LogP contribution is 2.23. The van der Waals surface area contributed by atoms with Crippen LogP contribution in [0.3, 0.4) is 0 Å². The van der Waals surface area contributed by atoms with Gasteiger partial charge in [-0.05, 0) is 108 Å². The lowest BCUT2D eigenvalue weighted by molar-refractivity contribution is 0.414. The van der Waals surface area contributed by atoms with Crippen LogP contribution < -0.4 is 14.9 Å². The topological polar surface area (TPSA) is 58.9 Å². The van der Waals surface area contributed by atoms with Crippen LogP contribution in [0.15, 0.2) is 114 Å². The van der Waals surface area contributed by atoms with Crippen LogP contribution in [0.4, 0.5) is 0 Å². The summed E-state index contributed by atoms with van der Waals surface area (Å²) in [5.74, 6) is 27.3. The molecule has 243 valence electrons. The molecule has 0 saturated heterocycles. The lowest BCUT2D eigenvalue weighted by Gasteiger charge is -2.03. The highest BCUT2D eigenvalue weighted by atomic mass is 79.9. The van der Waals surface area contributed by atoms with E-state index in [9.17, 15) is 0 Å². The van der Waals surface area contributed by atoms with Crippen molar-refractivity contribution in [3.8, 4) is 81.8 Å². The second-order valence-electron chi connectivity index (χ2n) is 8.04. The van der Waals surface area contributed by atoms with Gasteiger partial charge < -0.3 is 19.5 Å². The summed E-state index contributed by atoms with van der Waals surface area (Å²) in [6, 6.07) is 34.7. The van der Waals surface area contributed by atoms with E-state index in [1.54, 1.807) is 52.3 Å². The molecule has 2 N–H and O–H groups in total. The maximum absolute atomic E-state index is 8.58. The molecule has 0 heterocycles. The van der Waals surface area contributed by atoms with Crippen molar-refractivity contribution in [1.82, 2.24) is 0 Å². The first-order valence-corrected chi connectivity index (χ1v) is 15.0. The molecule has 0 saturated carbocycles. The van der Waals surface area contributed by atoms with Crippen molar-refractivity contribution in [3.63, 3.8) is 0 Å². The summed E-state index contributed by atoms with van der Waals surface area (Å²) in [5.41, 5.74) is 2.92. The Labute approximate surface area is 300 Å². The average Bonchev–Trinajstić information content (AvgIpc) is 3.12. The molecule has 7 heteroatoms. The zero-order valence-electron chi connectivity index (χ0n) is 27.6. The molecule has 4 aromatic carbocycles. The summed E-state index contributed by atoms with van der Waals surface area (Å²) in [6.07, 6.45) is 0. The molecule has 4 nitrogen and oxygen atoms in total. The van der Waals surface area contributed by atoms with Gasteiger partial charge in [-0.15, -0.1) is 0 Å². The standard InChI is InChI=1S/C13H12O.C12H6.C7H7BrO.C6H7BO2.C2H6.CH4.B/c1-14-13-9-5-8-12(10-13)11-6-3-2-4-7-11;1-3-5-7-9-11-12-10-8-6-4-2;1-9-7-4-2-3-6(8)5-7;8-7(9)6-4-2-1-3-5-6;1-2;;/h2-10H,1H3;1-2H3;2-5H,1H3;1-5,8-9H;1-2H3;1H4;. The van der Waals surface area contributed by atoms with E-state index in [4.69, 9.17) is 19.5 Å². The highest BCUT2D eigenvalue weighted by molar-refractivity contribution is 9.10. The molecule has 0 aliphatic heterocycles. The fourth-order valence-corrected chi connectivity index (χ4v) is 3.34. The molecule has 48 heavy (non-hydrogen) atoms. The van der Waals surface area contributed by atoms with E-state index >= 15 is 0 Å². The third-order valence-electron chi connectivity index (χ3n) is 4.99. The van der Waals surface area contributed by atoms with Gasteiger partial charge in [0.25, 0.3) is 0 Å². The largest absolute Gasteiger partial charge is 0.497 e. The van der Waals surface area contributed by atoms with Crippen LogP contribution in [0, 0.1) is 59.2 Å². The Morgan fingerprint density at radius 2 is 0.938 bits per heavy atom. The van der Waals surface area contributed by atoms with E-state index in [0.29, 0.717) is 5.46 Å². The third-order valence-corrected chi connectivity index (χ3v) is 5.49. The molecule has 0 aliphatic carbocycles. The van der Waals surface area contributed by atoms with Gasteiger partial charge in [-0.1, -0.05) is 128 Å². The Morgan fingerprint density at radius 1 is 0.542 bits per heavy atom. The molecule has 0 amide bonds. The highest BCUT2D eigenvalue weighted by Gasteiger charge is 2.07. The fourth-order valence-electron chi connectivity index (χ4n) is 2.96. The van der Waals surface area contributed by atoms with Gasteiger partial charge in [0, 0.05) is 12.9 Å². The molecule has 0 fully saturated rings. The number of hydrogen-bond donors (Lipinski definition) is 2. The van der Waals surface area contributed by atoms with Gasteiger partial charge in [-0.2, -0.15) is 0 Å². The molecular weight excluding hydrogens is 658 g/mol. The summed E-state index contributed by atoms with van der Waals surface area (Å²) in [6.45, 7) is 7.44. The molecule has 4 rings (SSSR count). The van der Waals surface area contributed by atoms with E-state index in [2.05, 4.69) is 93.3 Å². The Balaban J connectivity index is -0.000000554. The number of hydrogen-bond acceptors (Lipinski definition) is 4. The van der Waals surface area contributed by atoms with Crippen molar-refractivity contribution in [2.45, 2.75) is 35.1 Å². The minimum atomic E-state index is -1.34. The number of methoxy groups -OCH3 is 2. The maximum atomic E-state index is 8.58. The molecule has 0 spiro atoms. The van der Waals surface area contributed by atoms with Crippen LogP contribution in [0.25, 0.3) is 11.1 Å². The van der Waals surface area contributed by atoms with Crippen molar-refractivity contribution >= 4 is 36.9 Å². The number of benzene rings is 4.